The Morgan fingerprint density at radius 1 is 1.17 bits per heavy atom. The zero-order valence-electron chi connectivity index (χ0n) is 17.1. The third-order valence-electron chi connectivity index (χ3n) is 4.59. The number of sulfonamides is 1. The highest BCUT2D eigenvalue weighted by Crippen LogP contribution is 2.39. The van der Waals surface area contributed by atoms with Gasteiger partial charge in [-0.05, 0) is 18.1 Å². The van der Waals surface area contributed by atoms with Gasteiger partial charge in [0.2, 0.25) is 0 Å². The molecule has 0 aromatic heterocycles. The standard InChI is InChI=1S/C18H24ClN3O7S/c1-9(2)12(8-28-4)21-14-13(16(24)17(14)25)20-11-7-6-10(19)18(15(11)23)30(26,27)22(3)29-5/h6-7,9,12,20-21,23H,8H2,1-5H3/t12-/m1/s1. The topological polar surface area (TPSA) is 134 Å². The Morgan fingerprint density at radius 2 is 1.77 bits per heavy atom. The molecule has 0 aliphatic heterocycles. The molecule has 2 aromatic carbocycles. The van der Waals surface area contributed by atoms with E-state index in [0.717, 1.165) is 14.2 Å². The minimum absolute atomic E-state index is 0.0310. The monoisotopic (exact) mass is 461 g/mol. The summed E-state index contributed by atoms with van der Waals surface area (Å²) < 4.78 is 30.8. The van der Waals surface area contributed by atoms with Crippen LogP contribution in [0.25, 0.3) is 0 Å². The van der Waals surface area contributed by atoms with Gasteiger partial charge in [0.15, 0.2) is 5.75 Å². The summed E-state index contributed by atoms with van der Waals surface area (Å²) >= 11 is 5.98. The van der Waals surface area contributed by atoms with Crippen molar-refractivity contribution >= 4 is 38.7 Å². The first kappa shape index (κ1) is 24.1. The molecule has 0 radical (unpaired) electrons. The molecular weight excluding hydrogens is 438 g/mol. The Balaban J connectivity index is 2.46. The minimum Gasteiger partial charge on any atom is -0.504 e. The van der Waals surface area contributed by atoms with Crippen molar-refractivity contribution in [2.75, 3.05) is 38.5 Å². The maximum Gasteiger partial charge on any atom is 0.269 e. The van der Waals surface area contributed by atoms with Crippen LogP contribution in [0.1, 0.15) is 13.8 Å². The maximum absolute atomic E-state index is 12.6. The molecule has 2 rings (SSSR count). The van der Waals surface area contributed by atoms with E-state index in [1.807, 2.05) is 13.8 Å². The van der Waals surface area contributed by atoms with E-state index in [-0.39, 0.29) is 34.0 Å². The summed E-state index contributed by atoms with van der Waals surface area (Å²) in [5, 5.41) is 15.9. The molecule has 0 aliphatic rings. The first-order chi connectivity index (χ1) is 14.0. The number of anilines is 3. The third-order valence-corrected chi connectivity index (χ3v) is 6.77. The third kappa shape index (κ3) is 4.44. The number of hydroxylamine groups is 1. The van der Waals surface area contributed by atoms with Crippen LogP contribution in [0.15, 0.2) is 26.6 Å². The van der Waals surface area contributed by atoms with Crippen molar-refractivity contribution < 1.29 is 23.1 Å². The van der Waals surface area contributed by atoms with Gasteiger partial charge in [-0.25, -0.2) is 8.42 Å². The van der Waals surface area contributed by atoms with E-state index < -0.39 is 31.5 Å². The molecule has 0 saturated heterocycles. The molecule has 2 aromatic rings. The van der Waals surface area contributed by atoms with Crippen LogP contribution < -0.4 is 21.5 Å². The Bertz CT molecular complexity index is 1090. The Kier molecular flexibility index (Phi) is 7.48. The van der Waals surface area contributed by atoms with Crippen LogP contribution in [0.4, 0.5) is 17.1 Å². The quantitative estimate of drug-likeness (QED) is 0.274. The lowest BCUT2D eigenvalue weighted by Crippen LogP contribution is -2.41. The van der Waals surface area contributed by atoms with E-state index in [2.05, 4.69) is 10.6 Å². The molecule has 3 N–H and O–H groups in total. The summed E-state index contributed by atoms with van der Waals surface area (Å²) in [5.74, 6) is -0.629. The predicted octanol–water partition coefficient (Wildman–Crippen LogP) is 1.65. The molecule has 0 heterocycles. The van der Waals surface area contributed by atoms with Crippen molar-refractivity contribution in [2.24, 2.45) is 5.92 Å². The van der Waals surface area contributed by atoms with Crippen molar-refractivity contribution in [3.05, 3.63) is 37.6 Å². The predicted molar refractivity (Wildman–Crippen MR) is 114 cm³/mol. The molecule has 0 unspecified atom stereocenters. The molecule has 1 atom stereocenters. The van der Waals surface area contributed by atoms with Gasteiger partial charge in [-0.3, -0.25) is 14.4 Å². The van der Waals surface area contributed by atoms with Gasteiger partial charge in [0.25, 0.3) is 20.9 Å². The highest BCUT2D eigenvalue weighted by molar-refractivity contribution is 7.89. The molecule has 0 saturated carbocycles. The van der Waals surface area contributed by atoms with Crippen LogP contribution in [0, 0.1) is 5.92 Å². The lowest BCUT2D eigenvalue weighted by atomic mass is 10.0. The van der Waals surface area contributed by atoms with Gasteiger partial charge >= 0.3 is 0 Å². The van der Waals surface area contributed by atoms with Gasteiger partial charge in [0, 0.05) is 14.2 Å². The van der Waals surface area contributed by atoms with Gasteiger partial charge in [-0.1, -0.05) is 29.9 Å². The van der Waals surface area contributed by atoms with Crippen LogP contribution in [0.3, 0.4) is 0 Å². The number of hydrogen-bond acceptors (Lipinski definition) is 9. The minimum atomic E-state index is -4.28. The van der Waals surface area contributed by atoms with Gasteiger partial charge in [-0.2, -0.15) is 0 Å². The smallest absolute Gasteiger partial charge is 0.269 e. The second-order valence-corrected chi connectivity index (χ2v) is 9.13. The van der Waals surface area contributed by atoms with Crippen LogP contribution in [0.5, 0.6) is 5.75 Å². The van der Waals surface area contributed by atoms with Crippen LogP contribution in [-0.2, 0) is 19.6 Å². The van der Waals surface area contributed by atoms with E-state index in [9.17, 15) is 23.1 Å². The summed E-state index contributed by atoms with van der Waals surface area (Å²) in [4.78, 5) is 28.3. The van der Waals surface area contributed by atoms with Crippen molar-refractivity contribution in [1.82, 2.24) is 4.47 Å². The molecule has 30 heavy (non-hydrogen) atoms. The number of phenols is 1. The molecule has 166 valence electrons. The first-order valence-corrected chi connectivity index (χ1v) is 10.7. The fourth-order valence-electron chi connectivity index (χ4n) is 2.67. The summed E-state index contributed by atoms with van der Waals surface area (Å²) in [6.07, 6.45) is 0. The highest BCUT2D eigenvalue weighted by atomic mass is 35.5. The zero-order valence-corrected chi connectivity index (χ0v) is 18.7. The molecule has 0 amide bonds. The fourth-order valence-corrected chi connectivity index (χ4v) is 4.24. The molecule has 0 aliphatic carbocycles. The second kappa shape index (κ2) is 9.31. The van der Waals surface area contributed by atoms with Crippen molar-refractivity contribution in [3.8, 4) is 5.75 Å². The number of aromatic hydroxyl groups is 1. The van der Waals surface area contributed by atoms with Gasteiger partial charge in [-0.15, -0.1) is 0 Å². The number of hydrogen-bond donors (Lipinski definition) is 3. The molecule has 10 nitrogen and oxygen atoms in total. The molecule has 12 heteroatoms. The summed E-state index contributed by atoms with van der Waals surface area (Å²) in [6.45, 7) is 4.14. The molecule has 0 spiro atoms. The summed E-state index contributed by atoms with van der Waals surface area (Å²) in [7, 11) is -0.500. The lowest BCUT2D eigenvalue weighted by molar-refractivity contribution is -0.0259. The number of phenolic OH excluding ortho intramolecular Hbond substituents is 1. The number of benzene rings is 1. The fraction of sp³-hybridized carbons (Fsp3) is 0.444. The lowest BCUT2D eigenvalue weighted by Gasteiger charge is -2.25. The molecule has 0 bridgehead atoms. The van der Waals surface area contributed by atoms with Crippen LogP contribution in [-0.4, -0.2) is 51.9 Å². The van der Waals surface area contributed by atoms with Crippen molar-refractivity contribution in [2.45, 2.75) is 24.8 Å². The van der Waals surface area contributed by atoms with E-state index in [1.165, 1.54) is 19.2 Å². The number of ether oxygens (including phenoxy) is 1. The van der Waals surface area contributed by atoms with Gasteiger partial charge in [0.1, 0.15) is 16.3 Å². The number of rotatable bonds is 10. The number of methoxy groups -OCH3 is 1. The Labute approximate surface area is 179 Å². The average molecular weight is 462 g/mol. The SMILES string of the molecule is COC[C@@H](Nc1c(Nc2ccc(Cl)c(S(=O)(=O)N(C)OC)c2O)c(=O)c1=O)C(C)C. The molecular formula is C18H24ClN3O7S. The first-order valence-electron chi connectivity index (χ1n) is 8.87. The number of halogens is 1. The van der Waals surface area contributed by atoms with E-state index in [1.54, 1.807) is 0 Å². The van der Waals surface area contributed by atoms with E-state index in [4.69, 9.17) is 21.2 Å². The number of nitrogens with one attached hydrogen (secondary N) is 2. The average Bonchev–Trinajstić information content (AvgIpc) is 2.69. The van der Waals surface area contributed by atoms with E-state index in [0.29, 0.717) is 11.1 Å². The normalized spacial score (nSPS) is 13.2. The maximum atomic E-state index is 12.6. The second-order valence-electron chi connectivity index (χ2n) is 6.85. The van der Waals surface area contributed by atoms with Crippen molar-refractivity contribution in [1.29, 1.82) is 0 Å². The number of nitrogens with zero attached hydrogens (tertiary/aromatic N) is 1. The molecule has 0 fully saturated rings. The van der Waals surface area contributed by atoms with Gasteiger partial charge < -0.3 is 20.5 Å². The summed E-state index contributed by atoms with van der Waals surface area (Å²) in [6, 6.07) is 2.28. The van der Waals surface area contributed by atoms with E-state index >= 15 is 0 Å². The van der Waals surface area contributed by atoms with Crippen LogP contribution in [0.2, 0.25) is 5.02 Å². The highest BCUT2D eigenvalue weighted by Gasteiger charge is 2.31. The van der Waals surface area contributed by atoms with Crippen LogP contribution >= 0.6 is 11.6 Å². The Morgan fingerprint density at radius 3 is 2.30 bits per heavy atom. The zero-order chi connectivity index (χ0) is 22.8. The van der Waals surface area contributed by atoms with Gasteiger partial charge in [0.05, 0.1) is 30.5 Å². The largest absolute Gasteiger partial charge is 0.504 e. The summed E-state index contributed by atoms with van der Waals surface area (Å²) in [5.41, 5.74) is -1.71. The van der Waals surface area contributed by atoms with Crippen molar-refractivity contribution in [3.63, 3.8) is 0 Å². The Hall–Kier alpha value is -2.18.